The molecule has 0 bridgehead atoms. The summed E-state index contributed by atoms with van der Waals surface area (Å²) < 4.78 is 19.7. The molecule has 11 nitrogen and oxygen atoms in total. The highest BCUT2D eigenvalue weighted by Crippen LogP contribution is 2.49. The number of rotatable bonds is 21. The minimum Gasteiger partial charge on any atom is -0.465 e. The molecule has 9 atom stereocenters. The molecule has 2 unspecified atom stereocenters. The van der Waals surface area contributed by atoms with Crippen LogP contribution in [0.1, 0.15) is 162 Å². The van der Waals surface area contributed by atoms with Gasteiger partial charge in [-0.05, 0) is 84.1 Å². The maximum atomic E-state index is 14.0. The summed E-state index contributed by atoms with van der Waals surface area (Å²) in [5.41, 5.74) is 4.35. The van der Waals surface area contributed by atoms with E-state index in [4.69, 9.17) is 19.9 Å². The number of nitrogens with two attached hydrogens (primary N) is 1. The largest absolute Gasteiger partial charge is 0.465 e. The minimum absolute atomic E-state index is 0.0889. The monoisotopic (exact) mass is 732 g/mol. The predicted octanol–water partition coefficient (Wildman–Crippen LogP) is 5.88. The zero-order chi connectivity index (χ0) is 36.8. The van der Waals surface area contributed by atoms with Crippen molar-refractivity contribution in [2.75, 3.05) is 19.7 Å². The van der Waals surface area contributed by atoms with Crippen molar-refractivity contribution < 1.29 is 28.9 Å². The van der Waals surface area contributed by atoms with Crippen LogP contribution in [0.25, 0.3) is 0 Å². The third-order valence-electron chi connectivity index (χ3n) is 12.4. The number of nitrogens with one attached hydrogen (secondary N) is 3. The van der Waals surface area contributed by atoms with Gasteiger partial charge in [0.25, 0.3) is 0 Å². The second-order valence-corrected chi connectivity index (χ2v) is 16.5. The number of carbonyl (C=O) groups excluding carboxylic acids is 2. The molecule has 52 heavy (non-hydrogen) atoms. The van der Waals surface area contributed by atoms with Crippen molar-refractivity contribution in [3.05, 3.63) is 12.2 Å². The van der Waals surface area contributed by atoms with Crippen molar-refractivity contribution in [1.29, 1.82) is 0 Å². The number of esters is 1. The van der Waals surface area contributed by atoms with E-state index in [0.717, 1.165) is 96.3 Å². The Kier molecular flexibility index (Phi) is 16.7. The number of aliphatic hydroxyl groups excluding tert-OH is 1. The van der Waals surface area contributed by atoms with E-state index in [1.165, 1.54) is 44.9 Å². The average Bonchev–Trinajstić information content (AvgIpc) is 3.43. The third kappa shape index (κ3) is 11.2. The fraction of sp³-hybridized carbons (Fsp3) is 0.902. The van der Waals surface area contributed by atoms with E-state index in [2.05, 4.69) is 46.8 Å². The van der Waals surface area contributed by atoms with Gasteiger partial charge >= 0.3 is 5.97 Å². The van der Waals surface area contributed by atoms with Crippen LogP contribution in [0.15, 0.2) is 12.2 Å². The molecule has 1 amide bonds. The Hall–Kier alpha value is -1.60. The number of ether oxygens (including phenoxy) is 3. The van der Waals surface area contributed by atoms with Crippen molar-refractivity contribution >= 4 is 11.9 Å². The first-order valence-corrected chi connectivity index (χ1v) is 21.5. The van der Waals surface area contributed by atoms with Crippen molar-refractivity contribution in [1.82, 2.24) is 20.9 Å². The fourth-order valence-corrected chi connectivity index (χ4v) is 9.66. The van der Waals surface area contributed by atoms with E-state index >= 15 is 0 Å². The maximum Gasteiger partial charge on any atom is 0.314 e. The van der Waals surface area contributed by atoms with Crippen molar-refractivity contribution in [3.8, 4) is 0 Å². The number of allylic oxidation sites excluding steroid dienone is 1. The summed E-state index contributed by atoms with van der Waals surface area (Å²) in [4.78, 5) is 28.4. The first-order chi connectivity index (χ1) is 25.3. The molecule has 5 rings (SSSR count). The summed E-state index contributed by atoms with van der Waals surface area (Å²) in [5, 5.41) is 20.5. The quantitative estimate of drug-likeness (QED) is 0.0551. The molecule has 11 heteroatoms. The van der Waals surface area contributed by atoms with Gasteiger partial charge in [0.05, 0.1) is 18.8 Å². The molecule has 0 saturated carbocycles. The Morgan fingerprint density at radius 3 is 2.37 bits per heavy atom. The van der Waals surface area contributed by atoms with Crippen molar-refractivity contribution in [2.24, 2.45) is 11.7 Å². The van der Waals surface area contributed by atoms with Crippen molar-refractivity contribution in [3.63, 3.8) is 0 Å². The summed E-state index contributed by atoms with van der Waals surface area (Å²) >= 11 is 0. The normalized spacial score (nSPS) is 33.5. The van der Waals surface area contributed by atoms with Gasteiger partial charge in [-0.25, -0.2) is 0 Å². The molecule has 4 fully saturated rings. The summed E-state index contributed by atoms with van der Waals surface area (Å²) in [7, 11) is 0. The number of nitrogens with zero attached hydrogens (tertiary/aromatic N) is 1. The van der Waals surface area contributed by atoms with E-state index in [9.17, 15) is 14.7 Å². The summed E-state index contributed by atoms with van der Waals surface area (Å²) in [6.45, 7) is 5.89. The topological polar surface area (TPSA) is 147 Å². The number of hydrogen-bond acceptors (Lipinski definition) is 10. The van der Waals surface area contributed by atoms with Crippen LogP contribution in [0.4, 0.5) is 0 Å². The van der Waals surface area contributed by atoms with Gasteiger partial charge in [-0.15, -0.1) is 0 Å². The zero-order valence-corrected chi connectivity index (χ0v) is 32.6. The number of unbranched alkanes of at least 4 members (excludes halogenated alkanes) is 11. The first kappa shape index (κ1) is 41.6. The van der Waals surface area contributed by atoms with Crippen LogP contribution in [-0.2, 0) is 23.8 Å². The lowest BCUT2D eigenvalue weighted by Gasteiger charge is -2.60. The highest BCUT2D eigenvalue weighted by atomic mass is 16.6. The van der Waals surface area contributed by atoms with Gasteiger partial charge in [-0.1, -0.05) is 89.7 Å². The van der Waals surface area contributed by atoms with Crippen LogP contribution in [0.2, 0.25) is 0 Å². The number of aliphatic hydroxyl groups is 1. The Balaban J connectivity index is 0.967. The Morgan fingerprint density at radius 1 is 0.962 bits per heavy atom. The molecular weight excluding hydrogens is 658 g/mol. The van der Waals surface area contributed by atoms with Crippen LogP contribution in [-0.4, -0.2) is 89.7 Å². The molecule has 0 radical (unpaired) electrons. The van der Waals surface area contributed by atoms with Gasteiger partial charge in [-0.3, -0.25) is 25.1 Å². The summed E-state index contributed by atoms with van der Waals surface area (Å²) in [5.74, 6) is -0.699. The van der Waals surface area contributed by atoms with E-state index in [1.807, 2.05) is 0 Å². The fourth-order valence-electron chi connectivity index (χ4n) is 9.66. The van der Waals surface area contributed by atoms with Crippen LogP contribution >= 0.6 is 0 Å². The van der Waals surface area contributed by atoms with Crippen LogP contribution in [0, 0.1) is 5.92 Å². The molecule has 5 heterocycles. The average molecular weight is 732 g/mol. The molecule has 5 aliphatic rings. The molecule has 0 aromatic rings. The lowest BCUT2D eigenvalue weighted by molar-refractivity contribution is -0.255. The molecule has 0 aromatic heterocycles. The smallest absolute Gasteiger partial charge is 0.314 e. The van der Waals surface area contributed by atoms with Crippen LogP contribution < -0.4 is 21.7 Å². The van der Waals surface area contributed by atoms with Crippen LogP contribution in [0.3, 0.4) is 0 Å². The summed E-state index contributed by atoms with van der Waals surface area (Å²) in [6.07, 6.45) is 27.6. The van der Waals surface area contributed by atoms with Gasteiger partial charge in [-0.2, -0.15) is 0 Å². The van der Waals surface area contributed by atoms with E-state index < -0.39 is 11.8 Å². The number of hydrogen-bond donors (Lipinski definition) is 5. The highest BCUT2D eigenvalue weighted by molar-refractivity contribution is 5.80. The third-order valence-corrected chi connectivity index (χ3v) is 12.4. The standard InChI is InChI=1S/C41H73N5O6/c1-3-33-21-15-16-25-40(52-33)30-32-23-24-34-36(41(26-18-20-31(2)51-41)45-39(44-40)46(32)34)38(49)50-29-17-13-11-9-7-5-4-6-8-10-12-14-22-35(47)37(48)43-28-19-27-42/h15,21,31-36,39,44-45,47H,3-14,16-20,22-30,42H2,1-2H3,(H,43,48)/t31-,32+,33+,34-,35?,36-,39?,40+,41-/m0/s1. The lowest BCUT2D eigenvalue weighted by Crippen LogP contribution is -2.81. The predicted molar refractivity (Wildman–Crippen MR) is 204 cm³/mol. The first-order valence-electron chi connectivity index (χ1n) is 21.5. The SMILES string of the molecule is CC[C@@H]1C=CCC[C@]2(C[C@H]3CC[C@H]4[C@@H](C(=O)OCCCCCCCCCCCCCCC(O)C(=O)NCCCN)[C@@]5(CCC[C@H](C)O5)NC(N2)N34)O1. The van der Waals surface area contributed by atoms with E-state index in [-0.39, 0.29) is 48.1 Å². The lowest BCUT2D eigenvalue weighted by atomic mass is 9.79. The van der Waals surface area contributed by atoms with Crippen LogP contribution in [0.5, 0.6) is 0 Å². The molecule has 5 aliphatic heterocycles. The zero-order valence-electron chi connectivity index (χ0n) is 32.6. The second-order valence-electron chi connectivity index (χ2n) is 16.5. The molecule has 298 valence electrons. The molecular formula is C41H73N5O6. The van der Waals surface area contributed by atoms with E-state index in [1.54, 1.807) is 0 Å². The van der Waals surface area contributed by atoms with Gasteiger partial charge in [0.2, 0.25) is 5.91 Å². The molecule has 0 aromatic carbocycles. The van der Waals surface area contributed by atoms with Gasteiger partial charge < -0.3 is 30.4 Å². The molecule has 0 aliphatic carbocycles. The van der Waals surface area contributed by atoms with E-state index in [0.29, 0.717) is 32.2 Å². The molecule has 2 spiro atoms. The van der Waals surface area contributed by atoms with Crippen molar-refractivity contribution in [2.45, 2.75) is 210 Å². The Morgan fingerprint density at radius 2 is 1.67 bits per heavy atom. The molecule has 6 N–H and O–H groups in total. The van der Waals surface area contributed by atoms with Gasteiger partial charge in [0, 0.05) is 25.0 Å². The summed E-state index contributed by atoms with van der Waals surface area (Å²) in [6, 6.07) is 0.466. The number of amides is 1. The maximum absolute atomic E-state index is 14.0. The Bertz CT molecular complexity index is 1130. The number of carbonyl (C=O) groups is 2. The Labute approximate surface area is 314 Å². The van der Waals surface area contributed by atoms with Gasteiger partial charge in [0.15, 0.2) is 0 Å². The highest BCUT2D eigenvalue weighted by Gasteiger charge is 2.63. The van der Waals surface area contributed by atoms with Gasteiger partial charge in [0.1, 0.15) is 29.8 Å². The molecule has 4 saturated heterocycles. The minimum atomic E-state index is -0.899. The second kappa shape index (κ2) is 20.9.